The van der Waals surface area contributed by atoms with E-state index in [9.17, 15) is 13.0 Å². The zero-order valence-corrected chi connectivity index (χ0v) is 13.2. The van der Waals surface area contributed by atoms with Crippen LogP contribution in [-0.4, -0.2) is 43.8 Å². The van der Waals surface area contributed by atoms with Crippen LogP contribution in [0.5, 0.6) is 0 Å². The second-order valence-electron chi connectivity index (χ2n) is 3.45. The summed E-state index contributed by atoms with van der Waals surface area (Å²) < 4.78 is 31.2. The van der Waals surface area contributed by atoms with Crippen molar-refractivity contribution >= 4 is 21.5 Å². The number of likely N-dealkylation sites (N-methyl/N-ethyl adjacent to an activating group) is 1. The molecule has 0 amide bonds. The molecule has 16 heavy (non-hydrogen) atoms. The van der Waals surface area contributed by atoms with E-state index < -0.39 is 10.1 Å². The number of thiophene rings is 1. The summed E-state index contributed by atoms with van der Waals surface area (Å²) in [7, 11) is -2.26. The van der Waals surface area contributed by atoms with E-state index in [1.54, 1.807) is 11.3 Å². The Morgan fingerprint density at radius 2 is 2.12 bits per heavy atom. The Labute approximate surface area is 123 Å². The Balaban J connectivity index is 0.00000225. The van der Waals surface area contributed by atoms with Crippen LogP contribution in [0.3, 0.4) is 0 Å². The SMILES string of the molecule is CN(CCc1ccsc1)CCS(=O)(=O)[O-].[Na+]. The Bertz CT molecular complexity index is 377. The summed E-state index contributed by atoms with van der Waals surface area (Å²) in [4.78, 5) is 1.85. The molecular weight excluding hydrogens is 257 g/mol. The van der Waals surface area contributed by atoms with Crippen molar-refractivity contribution in [3.63, 3.8) is 0 Å². The Morgan fingerprint density at radius 3 is 2.62 bits per heavy atom. The molecule has 0 spiro atoms. The van der Waals surface area contributed by atoms with Gasteiger partial charge in [-0.3, -0.25) is 0 Å². The third-order valence-electron chi connectivity index (χ3n) is 2.09. The molecule has 0 aliphatic carbocycles. The molecule has 0 aliphatic rings. The van der Waals surface area contributed by atoms with Crippen molar-refractivity contribution in [1.82, 2.24) is 4.90 Å². The van der Waals surface area contributed by atoms with Gasteiger partial charge in [-0.1, -0.05) is 0 Å². The minimum Gasteiger partial charge on any atom is -0.748 e. The first kappa shape index (κ1) is 16.6. The maximum atomic E-state index is 10.4. The first-order valence-electron chi connectivity index (χ1n) is 4.60. The van der Waals surface area contributed by atoms with Gasteiger partial charge < -0.3 is 9.45 Å². The molecule has 0 aliphatic heterocycles. The minimum atomic E-state index is -4.08. The number of nitrogens with zero attached hydrogens (tertiary/aromatic N) is 1. The normalized spacial score (nSPS) is 11.4. The van der Waals surface area contributed by atoms with Crippen molar-refractivity contribution < 1.29 is 42.5 Å². The van der Waals surface area contributed by atoms with Gasteiger partial charge in [-0.15, -0.1) is 0 Å². The number of hydrogen-bond donors (Lipinski definition) is 0. The first-order chi connectivity index (χ1) is 6.97. The number of hydrogen-bond acceptors (Lipinski definition) is 5. The average Bonchev–Trinajstić information content (AvgIpc) is 2.62. The molecule has 0 aromatic carbocycles. The predicted molar refractivity (Wildman–Crippen MR) is 60.1 cm³/mol. The summed E-state index contributed by atoms with van der Waals surface area (Å²) in [5.41, 5.74) is 1.25. The van der Waals surface area contributed by atoms with E-state index in [1.165, 1.54) is 5.56 Å². The Hall–Kier alpha value is 0.570. The van der Waals surface area contributed by atoms with E-state index >= 15 is 0 Å². The second-order valence-corrected chi connectivity index (χ2v) is 5.75. The van der Waals surface area contributed by atoms with Crippen LogP contribution in [0, 0.1) is 0 Å². The standard InChI is InChI=1S/C9H15NO3S2.Na/c1-10(5-7-15(11,12)13)4-2-9-3-6-14-8-9;/h3,6,8H,2,4-5,7H2,1H3,(H,11,12,13);/q;+1/p-1. The summed E-state index contributed by atoms with van der Waals surface area (Å²) in [5.74, 6) is -0.312. The molecule has 0 radical (unpaired) electrons. The minimum absolute atomic E-state index is 0. The summed E-state index contributed by atoms with van der Waals surface area (Å²) in [6.45, 7) is 1.07. The fraction of sp³-hybridized carbons (Fsp3) is 0.556. The van der Waals surface area contributed by atoms with Crippen molar-refractivity contribution in [3.05, 3.63) is 22.4 Å². The van der Waals surface area contributed by atoms with E-state index in [1.807, 2.05) is 23.4 Å². The van der Waals surface area contributed by atoms with Gasteiger partial charge in [0.2, 0.25) is 0 Å². The largest absolute Gasteiger partial charge is 1.00 e. The second kappa shape index (κ2) is 7.81. The van der Waals surface area contributed by atoms with Gasteiger partial charge in [0.15, 0.2) is 0 Å². The van der Waals surface area contributed by atoms with Crippen LogP contribution in [-0.2, 0) is 16.5 Å². The molecule has 7 heteroatoms. The molecule has 4 nitrogen and oxygen atoms in total. The van der Waals surface area contributed by atoms with Crippen LogP contribution in [0.4, 0.5) is 0 Å². The van der Waals surface area contributed by atoms with E-state index in [0.717, 1.165) is 13.0 Å². The van der Waals surface area contributed by atoms with Crippen LogP contribution >= 0.6 is 11.3 Å². The molecular formula is C9H14NNaO3S2. The van der Waals surface area contributed by atoms with E-state index in [2.05, 4.69) is 5.38 Å². The summed E-state index contributed by atoms with van der Waals surface area (Å²) in [6.07, 6.45) is 0.888. The van der Waals surface area contributed by atoms with E-state index in [4.69, 9.17) is 0 Å². The van der Waals surface area contributed by atoms with Gasteiger partial charge in [0, 0.05) is 13.1 Å². The van der Waals surface area contributed by atoms with Gasteiger partial charge in [-0.05, 0) is 35.9 Å². The maximum absolute atomic E-state index is 10.4. The van der Waals surface area contributed by atoms with Crippen LogP contribution in [0.2, 0.25) is 0 Å². The fourth-order valence-electron chi connectivity index (χ4n) is 1.13. The predicted octanol–water partition coefficient (Wildman–Crippen LogP) is -2.23. The van der Waals surface area contributed by atoms with Gasteiger partial charge in [-0.2, -0.15) is 11.3 Å². The zero-order valence-electron chi connectivity index (χ0n) is 9.55. The van der Waals surface area contributed by atoms with E-state index in [0.29, 0.717) is 6.54 Å². The van der Waals surface area contributed by atoms with Gasteiger partial charge in [0.1, 0.15) is 0 Å². The van der Waals surface area contributed by atoms with Gasteiger partial charge >= 0.3 is 29.6 Å². The molecule has 1 aromatic rings. The molecule has 1 aromatic heterocycles. The molecule has 86 valence electrons. The van der Waals surface area contributed by atoms with Crippen LogP contribution < -0.4 is 29.6 Å². The van der Waals surface area contributed by atoms with Crippen molar-refractivity contribution in [1.29, 1.82) is 0 Å². The molecule has 0 saturated heterocycles. The number of rotatable bonds is 6. The molecule has 0 unspecified atom stereocenters. The van der Waals surface area contributed by atoms with Crippen molar-refractivity contribution in [2.75, 3.05) is 25.9 Å². The molecule has 0 N–H and O–H groups in total. The molecule has 0 atom stereocenters. The van der Waals surface area contributed by atoms with Crippen LogP contribution in [0.1, 0.15) is 5.56 Å². The molecule has 0 bridgehead atoms. The van der Waals surface area contributed by atoms with E-state index in [-0.39, 0.29) is 35.3 Å². The Kier molecular flexibility index (Phi) is 8.09. The third-order valence-corrected chi connectivity index (χ3v) is 3.50. The van der Waals surface area contributed by atoms with Crippen molar-refractivity contribution in [2.24, 2.45) is 0 Å². The smallest absolute Gasteiger partial charge is 0.748 e. The van der Waals surface area contributed by atoms with Crippen molar-refractivity contribution in [3.8, 4) is 0 Å². The average molecular weight is 271 g/mol. The third kappa shape index (κ3) is 7.78. The molecule has 0 fully saturated rings. The quantitative estimate of drug-likeness (QED) is 0.434. The van der Waals surface area contributed by atoms with Crippen molar-refractivity contribution in [2.45, 2.75) is 6.42 Å². The van der Waals surface area contributed by atoms with Gasteiger partial charge in [0.05, 0.1) is 15.9 Å². The summed E-state index contributed by atoms with van der Waals surface area (Å²) >= 11 is 1.64. The maximum Gasteiger partial charge on any atom is 1.00 e. The monoisotopic (exact) mass is 271 g/mol. The van der Waals surface area contributed by atoms with Crippen LogP contribution in [0.25, 0.3) is 0 Å². The zero-order chi connectivity index (χ0) is 11.3. The molecule has 1 rings (SSSR count). The summed E-state index contributed by atoms with van der Waals surface area (Å²) in [5, 5.41) is 4.08. The van der Waals surface area contributed by atoms with Crippen LogP contribution in [0.15, 0.2) is 16.8 Å². The Morgan fingerprint density at radius 1 is 1.44 bits per heavy atom. The summed E-state index contributed by atoms with van der Waals surface area (Å²) in [6, 6.07) is 2.04. The fourth-order valence-corrected chi connectivity index (χ4v) is 2.37. The van der Waals surface area contributed by atoms with Gasteiger partial charge in [0.25, 0.3) is 0 Å². The molecule has 0 saturated carbocycles. The molecule has 1 heterocycles. The van der Waals surface area contributed by atoms with Gasteiger partial charge in [-0.25, -0.2) is 8.42 Å². The first-order valence-corrected chi connectivity index (χ1v) is 7.12. The topological polar surface area (TPSA) is 60.4 Å².